The monoisotopic (exact) mass is 366 g/mol. The number of aromatic nitrogens is 1. The molecular formula is C16H18N2O4S2. The molecule has 3 rings (SSSR count). The highest BCUT2D eigenvalue weighted by Gasteiger charge is 2.33. The highest BCUT2D eigenvalue weighted by Crippen LogP contribution is 2.21. The molecule has 1 aromatic heterocycles. The Morgan fingerprint density at radius 3 is 2.96 bits per heavy atom. The molecule has 0 saturated carbocycles. The maximum absolute atomic E-state index is 12.6. The summed E-state index contributed by atoms with van der Waals surface area (Å²) in [6, 6.07) is 6.65. The van der Waals surface area contributed by atoms with Gasteiger partial charge in [0.2, 0.25) is 0 Å². The molecule has 1 atom stereocenters. The summed E-state index contributed by atoms with van der Waals surface area (Å²) >= 11 is 1.50. The van der Waals surface area contributed by atoms with Crippen LogP contribution in [0, 0.1) is 0 Å². The van der Waals surface area contributed by atoms with Gasteiger partial charge >= 0.3 is 0 Å². The van der Waals surface area contributed by atoms with Crippen LogP contribution in [0.5, 0.6) is 5.75 Å². The Morgan fingerprint density at radius 1 is 1.46 bits per heavy atom. The van der Waals surface area contributed by atoms with E-state index in [1.54, 1.807) is 36.8 Å². The van der Waals surface area contributed by atoms with E-state index in [4.69, 9.17) is 4.74 Å². The van der Waals surface area contributed by atoms with Crippen LogP contribution in [0.15, 0.2) is 35.2 Å². The van der Waals surface area contributed by atoms with Crippen LogP contribution >= 0.6 is 11.3 Å². The van der Waals surface area contributed by atoms with Gasteiger partial charge in [0.05, 0.1) is 22.7 Å². The first-order valence-corrected chi connectivity index (χ1v) is 10.3. The van der Waals surface area contributed by atoms with Crippen molar-refractivity contribution in [3.63, 3.8) is 0 Å². The van der Waals surface area contributed by atoms with Crippen molar-refractivity contribution in [2.24, 2.45) is 0 Å². The van der Waals surface area contributed by atoms with Gasteiger partial charge in [-0.15, -0.1) is 11.3 Å². The minimum Gasteiger partial charge on any atom is -0.487 e. The number of carbonyl (C=O) groups excluding carboxylic acids is 1. The Labute approximate surface area is 145 Å². The Balaban J connectivity index is 1.67. The van der Waals surface area contributed by atoms with Crippen molar-refractivity contribution in [3.05, 3.63) is 46.4 Å². The molecule has 0 spiro atoms. The highest BCUT2D eigenvalue weighted by molar-refractivity contribution is 7.91. The van der Waals surface area contributed by atoms with Crippen LogP contribution in [0.1, 0.15) is 22.5 Å². The lowest BCUT2D eigenvalue weighted by molar-refractivity contribution is 0.0747. The number of hydrogen-bond donors (Lipinski definition) is 0. The van der Waals surface area contributed by atoms with Gasteiger partial charge in [0.25, 0.3) is 5.91 Å². The third kappa shape index (κ3) is 3.93. The van der Waals surface area contributed by atoms with Crippen LogP contribution in [0.4, 0.5) is 0 Å². The molecule has 0 N–H and O–H groups in total. The Morgan fingerprint density at radius 2 is 2.29 bits per heavy atom. The molecule has 0 bridgehead atoms. The van der Waals surface area contributed by atoms with Crippen molar-refractivity contribution in [2.75, 3.05) is 18.6 Å². The van der Waals surface area contributed by atoms with Crippen molar-refractivity contribution in [1.29, 1.82) is 0 Å². The van der Waals surface area contributed by atoms with E-state index >= 15 is 0 Å². The molecule has 24 heavy (non-hydrogen) atoms. The average molecular weight is 366 g/mol. The van der Waals surface area contributed by atoms with Crippen molar-refractivity contribution in [3.8, 4) is 5.75 Å². The van der Waals surface area contributed by atoms with Gasteiger partial charge in [-0.3, -0.25) is 4.79 Å². The summed E-state index contributed by atoms with van der Waals surface area (Å²) in [5.41, 5.74) is 3.06. The maximum Gasteiger partial charge on any atom is 0.254 e. The number of nitrogens with zero attached hydrogens (tertiary/aromatic N) is 2. The number of hydrogen-bond acceptors (Lipinski definition) is 6. The van der Waals surface area contributed by atoms with E-state index in [1.165, 1.54) is 16.2 Å². The lowest BCUT2D eigenvalue weighted by Crippen LogP contribution is -2.37. The van der Waals surface area contributed by atoms with Crippen molar-refractivity contribution in [1.82, 2.24) is 9.88 Å². The molecule has 2 heterocycles. The van der Waals surface area contributed by atoms with Crippen molar-refractivity contribution >= 4 is 27.1 Å². The molecule has 2 aromatic rings. The van der Waals surface area contributed by atoms with Crippen LogP contribution in [0.3, 0.4) is 0 Å². The van der Waals surface area contributed by atoms with Crippen LogP contribution in [-0.2, 0) is 16.4 Å². The second-order valence-corrected chi connectivity index (χ2v) is 8.72. The number of thiazole rings is 1. The SMILES string of the molecule is CN(C(=O)c1cccc(OCc2cscn2)c1)C1CCS(=O)(=O)C1. The van der Waals surface area contributed by atoms with Gasteiger partial charge in [0.1, 0.15) is 12.4 Å². The molecule has 1 unspecified atom stereocenters. The predicted molar refractivity (Wildman–Crippen MR) is 92.0 cm³/mol. The highest BCUT2D eigenvalue weighted by atomic mass is 32.2. The lowest BCUT2D eigenvalue weighted by Gasteiger charge is -2.23. The number of carbonyl (C=O) groups is 1. The Kier molecular flexibility index (Phi) is 4.86. The van der Waals surface area contributed by atoms with Crippen LogP contribution in [0.25, 0.3) is 0 Å². The fraction of sp³-hybridized carbons (Fsp3) is 0.375. The normalized spacial score (nSPS) is 19.1. The van der Waals surface area contributed by atoms with Crippen LogP contribution in [-0.4, -0.2) is 48.8 Å². The number of amides is 1. The summed E-state index contributed by atoms with van der Waals surface area (Å²) in [7, 11) is -1.37. The van der Waals surface area contributed by atoms with Gasteiger partial charge in [0.15, 0.2) is 9.84 Å². The molecule has 1 saturated heterocycles. The van der Waals surface area contributed by atoms with Crippen molar-refractivity contribution in [2.45, 2.75) is 19.1 Å². The Hall–Kier alpha value is -1.93. The summed E-state index contributed by atoms with van der Waals surface area (Å²) in [6.45, 7) is 0.345. The summed E-state index contributed by atoms with van der Waals surface area (Å²) in [4.78, 5) is 18.3. The summed E-state index contributed by atoms with van der Waals surface area (Å²) in [5.74, 6) is 0.568. The minimum atomic E-state index is -3.02. The standard InChI is InChI=1S/C16H18N2O4S2/c1-18(14-5-6-24(20,21)10-14)16(19)12-3-2-4-15(7-12)22-8-13-9-23-11-17-13/h2-4,7,9,11,14H,5-6,8,10H2,1H3. The first-order chi connectivity index (χ1) is 11.4. The zero-order valence-corrected chi connectivity index (χ0v) is 14.8. The average Bonchev–Trinajstić information content (AvgIpc) is 3.21. The summed E-state index contributed by atoms with van der Waals surface area (Å²) in [5, 5.41) is 1.91. The smallest absolute Gasteiger partial charge is 0.254 e. The number of rotatable bonds is 5. The maximum atomic E-state index is 12.6. The van der Waals surface area contributed by atoms with Gasteiger partial charge in [-0.2, -0.15) is 0 Å². The van der Waals surface area contributed by atoms with E-state index in [-0.39, 0.29) is 23.5 Å². The van der Waals surface area contributed by atoms with Gasteiger partial charge in [-0.05, 0) is 24.6 Å². The molecule has 128 valence electrons. The first kappa shape index (κ1) is 16.9. The van der Waals surface area contributed by atoms with Gasteiger partial charge in [0, 0.05) is 24.0 Å². The number of benzene rings is 1. The molecule has 1 fully saturated rings. The van der Waals surface area contributed by atoms with E-state index in [9.17, 15) is 13.2 Å². The predicted octanol–water partition coefficient (Wildman–Crippen LogP) is 1.98. The van der Waals surface area contributed by atoms with Gasteiger partial charge in [-0.1, -0.05) is 6.07 Å². The third-order valence-corrected chi connectivity index (χ3v) is 6.41. The van der Waals surface area contributed by atoms with E-state index < -0.39 is 9.84 Å². The molecular weight excluding hydrogens is 348 g/mol. The summed E-state index contributed by atoms with van der Waals surface area (Å²) < 4.78 is 28.8. The number of sulfone groups is 1. The molecule has 1 aromatic carbocycles. The first-order valence-electron chi connectivity index (χ1n) is 7.52. The molecule has 1 amide bonds. The number of ether oxygens (including phenoxy) is 1. The fourth-order valence-corrected chi connectivity index (χ4v) is 4.95. The van der Waals surface area contributed by atoms with Crippen molar-refractivity contribution < 1.29 is 17.9 Å². The topological polar surface area (TPSA) is 76.6 Å². The molecule has 6 nitrogen and oxygen atoms in total. The largest absolute Gasteiger partial charge is 0.487 e. The zero-order valence-electron chi connectivity index (χ0n) is 13.2. The van der Waals surface area contributed by atoms with E-state index in [1.807, 2.05) is 5.38 Å². The second kappa shape index (κ2) is 6.90. The second-order valence-electron chi connectivity index (χ2n) is 5.77. The van der Waals surface area contributed by atoms with Gasteiger partial charge in [-0.25, -0.2) is 13.4 Å². The Bertz CT molecular complexity index is 818. The molecule has 0 radical (unpaired) electrons. The van der Waals surface area contributed by atoms with Crippen LogP contribution < -0.4 is 4.74 Å². The van der Waals surface area contributed by atoms with E-state index in [0.717, 1.165) is 5.69 Å². The molecule has 0 aliphatic carbocycles. The molecule has 1 aliphatic rings. The fourth-order valence-electron chi connectivity index (χ4n) is 2.64. The zero-order chi connectivity index (χ0) is 17.2. The minimum absolute atomic E-state index is 0.0370. The third-order valence-electron chi connectivity index (χ3n) is 4.03. The van der Waals surface area contributed by atoms with Gasteiger partial charge < -0.3 is 9.64 Å². The van der Waals surface area contributed by atoms with E-state index in [0.29, 0.717) is 24.3 Å². The lowest BCUT2D eigenvalue weighted by atomic mass is 10.1. The summed E-state index contributed by atoms with van der Waals surface area (Å²) in [6.07, 6.45) is 0.491. The molecule has 1 aliphatic heterocycles. The van der Waals surface area contributed by atoms with E-state index in [2.05, 4.69) is 4.98 Å². The van der Waals surface area contributed by atoms with Crippen LogP contribution in [0.2, 0.25) is 0 Å². The molecule has 8 heteroatoms. The quantitative estimate of drug-likeness (QED) is 0.809.